The van der Waals surface area contributed by atoms with Crippen molar-refractivity contribution in [1.82, 2.24) is 9.97 Å². The highest BCUT2D eigenvalue weighted by molar-refractivity contribution is 5.41. The molecule has 0 N–H and O–H groups in total. The molecule has 3 nitrogen and oxygen atoms in total. The van der Waals surface area contributed by atoms with Gasteiger partial charge in [0.05, 0.1) is 0 Å². The zero-order valence-electron chi connectivity index (χ0n) is 11.0. The predicted molar refractivity (Wildman–Crippen MR) is 75.3 cm³/mol. The normalized spacial score (nSPS) is 17.2. The molecule has 1 aromatic carbocycles. The number of rotatable bonds is 1. The summed E-state index contributed by atoms with van der Waals surface area (Å²) >= 11 is 0. The van der Waals surface area contributed by atoms with Crippen LogP contribution in [0.3, 0.4) is 0 Å². The second-order valence-electron chi connectivity index (χ2n) is 5.44. The van der Waals surface area contributed by atoms with Crippen LogP contribution >= 0.6 is 0 Å². The van der Waals surface area contributed by atoms with E-state index in [1.54, 1.807) is 0 Å². The van der Waals surface area contributed by atoms with E-state index < -0.39 is 0 Å². The molecule has 0 amide bonds. The van der Waals surface area contributed by atoms with Crippen LogP contribution < -0.4 is 4.90 Å². The summed E-state index contributed by atoms with van der Waals surface area (Å²) in [6.45, 7) is 1.96. The van der Waals surface area contributed by atoms with Crippen LogP contribution in [0.1, 0.15) is 28.8 Å². The molecule has 2 heterocycles. The molecule has 0 bridgehead atoms. The molecule has 1 aromatic heterocycles. The van der Waals surface area contributed by atoms with E-state index in [1.165, 1.54) is 28.8 Å². The molecular weight excluding hydrogens is 234 g/mol. The average molecular weight is 251 g/mol. The molecule has 0 saturated heterocycles. The number of benzene rings is 1. The topological polar surface area (TPSA) is 29.0 Å². The number of aromatic nitrogens is 2. The summed E-state index contributed by atoms with van der Waals surface area (Å²) in [6, 6.07) is 8.69. The van der Waals surface area contributed by atoms with E-state index in [9.17, 15) is 0 Å². The number of fused-ring (bicyclic) bond motifs is 2. The van der Waals surface area contributed by atoms with E-state index in [-0.39, 0.29) is 0 Å². The third kappa shape index (κ3) is 1.89. The summed E-state index contributed by atoms with van der Waals surface area (Å²) < 4.78 is 0. The maximum absolute atomic E-state index is 4.76. The van der Waals surface area contributed by atoms with Gasteiger partial charge in [0, 0.05) is 25.0 Å². The van der Waals surface area contributed by atoms with E-state index in [1.807, 2.05) is 6.20 Å². The van der Waals surface area contributed by atoms with Crippen LogP contribution in [0.25, 0.3) is 0 Å². The SMILES string of the molecule is c1ccc2c(c1)CCN(c1ncc3c(n1)CCC3)C2. The number of nitrogens with zero attached hydrogens (tertiary/aromatic N) is 3. The van der Waals surface area contributed by atoms with Crippen LogP contribution in [0.4, 0.5) is 5.95 Å². The Balaban J connectivity index is 1.64. The lowest BCUT2D eigenvalue weighted by molar-refractivity contribution is 0.704. The van der Waals surface area contributed by atoms with Crippen molar-refractivity contribution in [2.45, 2.75) is 32.2 Å². The van der Waals surface area contributed by atoms with Crippen LogP contribution in [0.15, 0.2) is 30.5 Å². The third-order valence-corrected chi connectivity index (χ3v) is 4.21. The quantitative estimate of drug-likeness (QED) is 0.780. The molecule has 0 atom stereocenters. The summed E-state index contributed by atoms with van der Waals surface area (Å²) in [5.74, 6) is 0.912. The van der Waals surface area contributed by atoms with E-state index in [4.69, 9.17) is 4.98 Å². The molecule has 3 heteroatoms. The van der Waals surface area contributed by atoms with Gasteiger partial charge in [0.1, 0.15) is 0 Å². The van der Waals surface area contributed by atoms with Crippen LogP contribution in [-0.4, -0.2) is 16.5 Å². The average Bonchev–Trinajstić information content (AvgIpc) is 2.94. The summed E-state index contributed by atoms with van der Waals surface area (Å²) in [5.41, 5.74) is 5.50. The number of hydrogen-bond donors (Lipinski definition) is 0. The van der Waals surface area contributed by atoms with Crippen molar-refractivity contribution in [1.29, 1.82) is 0 Å². The van der Waals surface area contributed by atoms with Gasteiger partial charge in [-0.2, -0.15) is 0 Å². The summed E-state index contributed by atoms with van der Waals surface area (Å²) in [5, 5.41) is 0. The van der Waals surface area contributed by atoms with Crippen LogP contribution in [-0.2, 0) is 25.8 Å². The van der Waals surface area contributed by atoms with Crippen LogP contribution in [0.2, 0.25) is 0 Å². The fourth-order valence-corrected chi connectivity index (χ4v) is 3.12. The monoisotopic (exact) mass is 251 g/mol. The molecule has 0 spiro atoms. The Kier molecular flexibility index (Phi) is 2.50. The van der Waals surface area contributed by atoms with Gasteiger partial charge in [0.15, 0.2) is 0 Å². The summed E-state index contributed by atoms with van der Waals surface area (Å²) in [6.07, 6.45) is 6.63. The molecule has 19 heavy (non-hydrogen) atoms. The summed E-state index contributed by atoms with van der Waals surface area (Å²) in [7, 11) is 0. The van der Waals surface area contributed by atoms with Crippen molar-refractivity contribution in [3.05, 3.63) is 52.8 Å². The molecule has 4 rings (SSSR count). The molecule has 2 aliphatic rings. The fraction of sp³-hybridized carbons (Fsp3) is 0.375. The Labute approximate surface area is 113 Å². The van der Waals surface area contributed by atoms with Crippen molar-refractivity contribution in [2.75, 3.05) is 11.4 Å². The maximum atomic E-state index is 4.76. The Morgan fingerprint density at radius 1 is 0.947 bits per heavy atom. The molecule has 0 fully saturated rings. The Morgan fingerprint density at radius 2 is 1.84 bits per heavy atom. The molecule has 1 aliphatic heterocycles. The van der Waals surface area contributed by atoms with Gasteiger partial charge in [0.25, 0.3) is 0 Å². The zero-order chi connectivity index (χ0) is 12.7. The van der Waals surface area contributed by atoms with Crippen LogP contribution in [0.5, 0.6) is 0 Å². The van der Waals surface area contributed by atoms with Crippen molar-refractivity contribution in [3.8, 4) is 0 Å². The molecule has 96 valence electrons. The largest absolute Gasteiger partial charge is 0.336 e. The Morgan fingerprint density at radius 3 is 2.79 bits per heavy atom. The van der Waals surface area contributed by atoms with Gasteiger partial charge in [0.2, 0.25) is 5.95 Å². The van der Waals surface area contributed by atoms with Gasteiger partial charge < -0.3 is 4.90 Å². The van der Waals surface area contributed by atoms with E-state index in [2.05, 4.69) is 34.1 Å². The molecular formula is C16H17N3. The van der Waals surface area contributed by atoms with Crippen LogP contribution in [0, 0.1) is 0 Å². The second-order valence-corrected chi connectivity index (χ2v) is 5.44. The van der Waals surface area contributed by atoms with E-state index in [0.29, 0.717) is 0 Å². The highest BCUT2D eigenvalue weighted by Crippen LogP contribution is 2.25. The Hall–Kier alpha value is -1.90. The van der Waals surface area contributed by atoms with Crippen molar-refractivity contribution < 1.29 is 0 Å². The highest BCUT2D eigenvalue weighted by atomic mass is 15.2. The number of hydrogen-bond acceptors (Lipinski definition) is 3. The highest BCUT2D eigenvalue weighted by Gasteiger charge is 2.20. The van der Waals surface area contributed by atoms with Crippen molar-refractivity contribution >= 4 is 5.95 Å². The first-order chi connectivity index (χ1) is 9.40. The van der Waals surface area contributed by atoms with Gasteiger partial charge in [-0.1, -0.05) is 24.3 Å². The minimum atomic E-state index is 0.912. The van der Waals surface area contributed by atoms with Crippen molar-refractivity contribution in [3.63, 3.8) is 0 Å². The maximum Gasteiger partial charge on any atom is 0.225 e. The molecule has 0 unspecified atom stereocenters. The van der Waals surface area contributed by atoms with Crippen molar-refractivity contribution in [2.24, 2.45) is 0 Å². The van der Waals surface area contributed by atoms with Gasteiger partial charge in [-0.3, -0.25) is 0 Å². The lowest BCUT2D eigenvalue weighted by atomic mass is 10.0. The zero-order valence-corrected chi connectivity index (χ0v) is 11.0. The number of aryl methyl sites for hydroxylation is 2. The van der Waals surface area contributed by atoms with Gasteiger partial charge in [-0.25, -0.2) is 9.97 Å². The molecule has 0 saturated carbocycles. The van der Waals surface area contributed by atoms with E-state index in [0.717, 1.165) is 38.3 Å². The lowest BCUT2D eigenvalue weighted by Gasteiger charge is -2.29. The summed E-state index contributed by atoms with van der Waals surface area (Å²) in [4.78, 5) is 11.6. The second kappa shape index (κ2) is 4.34. The molecule has 2 aromatic rings. The third-order valence-electron chi connectivity index (χ3n) is 4.21. The minimum absolute atomic E-state index is 0.912. The Bertz CT molecular complexity index is 621. The first kappa shape index (κ1) is 11.0. The smallest absolute Gasteiger partial charge is 0.225 e. The lowest BCUT2D eigenvalue weighted by Crippen LogP contribution is -2.31. The van der Waals surface area contributed by atoms with Gasteiger partial charge >= 0.3 is 0 Å². The predicted octanol–water partition coefficient (Wildman–Crippen LogP) is 2.53. The number of anilines is 1. The fourth-order valence-electron chi connectivity index (χ4n) is 3.12. The van der Waals surface area contributed by atoms with Gasteiger partial charge in [-0.05, 0) is 42.4 Å². The first-order valence-electron chi connectivity index (χ1n) is 7.07. The first-order valence-corrected chi connectivity index (χ1v) is 7.07. The van der Waals surface area contributed by atoms with Gasteiger partial charge in [-0.15, -0.1) is 0 Å². The minimum Gasteiger partial charge on any atom is -0.336 e. The molecule has 1 aliphatic carbocycles. The van der Waals surface area contributed by atoms with E-state index >= 15 is 0 Å². The molecule has 0 radical (unpaired) electrons. The standard InChI is InChI=1S/C16H17N3/c1-2-5-14-11-19(9-8-12(14)4-1)16-17-10-13-6-3-7-15(13)18-16/h1-2,4-5,10H,3,6-9,11H2.